The van der Waals surface area contributed by atoms with Crippen LogP contribution in [0.3, 0.4) is 0 Å². The standard InChI is InChI=1S/C30H35FN4O/c1-8-18-10-9-11-19-22-15-29(6,31)26-21(12-13-32-26)30(22,7)27-20-16-34(23(36)14-17(2)3)28(4,5)25(20)33-35(27)24(18)19/h9-13,15,17,32H,8,14,16H2,1-7H3. The monoisotopic (exact) mass is 486 g/mol. The van der Waals surface area contributed by atoms with Crippen molar-refractivity contribution < 1.29 is 9.18 Å². The molecule has 6 heteroatoms. The van der Waals surface area contributed by atoms with Crippen LogP contribution < -0.4 is 0 Å². The molecule has 2 unspecified atom stereocenters. The van der Waals surface area contributed by atoms with Crippen LogP contribution in [0.2, 0.25) is 0 Å². The topological polar surface area (TPSA) is 53.9 Å². The first-order valence-electron chi connectivity index (χ1n) is 13.1. The zero-order chi connectivity index (χ0) is 25.8. The van der Waals surface area contributed by atoms with Crippen molar-refractivity contribution in [2.24, 2.45) is 5.92 Å². The van der Waals surface area contributed by atoms with E-state index in [1.807, 2.05) is 17.2 Å². The first-order valence-corrected chi connectivity index (χ1v) is 13.1. The Kier molecular flexibility index (Phi) is 4.66. The lowest BCUT2D eigenvalue weighted by atomic mass is 9.62. The largest absolute Gasteiger partial charge is 0.362 e. The Bertz CT molecular complexity index is 1450. The van der Waals surface area contributed by atoms with Gasteiger partial charge in [-0.1, -0.05) is 39.0 Å². The van der Waals surface area contributed by atoms with Gasteiger partial charge in [-0.15, -0.1) is 0 Å². The lowest BCUT2D eigenvalue weighted by molar-refractivity contribution is -0.137. The predicted octanol–water partition coefficient (Wildman–Crippen LogP) is 6.29. The van der Waals surface area contributed by atoms with Crippen LogP contribution in [0.1, 0.15) is 94.2 Å². The molecule has 0 bridgehead atoms. The number of carbonyl (C=O) groups excluding carboxylic acids is 1. The highest BCUT2D eigenvalue weighted by Crippen LogP contribution is 2.59. The van der Waals surface area contributed by atoms with Crippen LogP contribution in [-0.4, -0.2) is 25.6 Å². The van der Waals surface area contributed by atoms with E-state index >= 15 is 4.39 Å². The molecule has 1 amide bonds. The highest BCUT2D eigenvalue weighted by Gasteiger charge is 2.55. The normalized spacial score (nSPS) is 25.1. The smallest absolute Gasteiger partial charge is 0.223 e. The van der Waals surface area contributed by atoms with Crippen molar-refractivity contribution in [3.05, 3.63) is 75.9 Å². The van der Waals surface area contributed by atoms with Gasteiger partial charge in [0.15, 0.2) is 5.67 Å². The predicted molar refractivity (Wildman–Crippen MR) is 140 cm³/mol. The number of alkyl halides is 1. The number of amides is 1. The maximum atomic E-state index is 16.1. The minimum absolute atomic E-state index is 0.153. The fourth-order valence-electron chi connectivity index (χ4n) is 6.88. The third-order valence-corrected chi connectivity index (χ3v) is 8.64. The summed E-state index contributed by atoms with van der Waals surface area (Å²) in [6.45, 7) is 14.8. The Balaban J connectivity index is 1.67. The summed E-state index contributed by atoms with van der Waals surface area (Å²) in [7, 11) is 0. The number of aromatic amines is 1. The molecule has 1 aromatic carbocycles. The number of nitrogens with zero attached hydrogens (tertiary/aromatic N) is 3. The van der Waals surface area contributed by atoms with Crippen molar-refractivity contribution in [1.82, 2.24) is 19.7 Å². The minimum Gasteiger partial charge on any atom is -0.362 e. The SMILES string of the molecule is CCc1cccc2c1-n1nc3c(c1C1(C)C2=CC(C)(F)c2[nH]ccc21)CN(C(=O)CC(C)C)C3(C)C. The van der Waals surface area contributed by atoms with E-state index < -0.39 is 16.6 Å². The van der Waals surface area contributed by atoms with Crippen LogP contribution in [0, 0.1) is 5.92 Å². The van der Waals surface area contributed by atoms with Gasteiger partial charge in [0.2, 0.25) is 5.91 Å². The fourth-order valence-corrected chi connectivity index (χ4v) is 6.88. The molecule has 0 spiro atoms. The summed E-state index contributed by atoms with van der Waals surface area (Å²) < 4.78 is 18.2. The molecule has 2 atom stereocenters. The number of aromatic nitrogens is 3. The molecule has 0 saturated carbocycles. The van der Waals surface area contributed by atoms with Gasteiger partial charge in [0, 0.05) is 23.7 Å². The quantitative estimate of drug-likeness (QED) is 0.473. The Labute approximate surface area is 212 Å². The molecule has 2 aliphatic heterocycles. The number of halogens is 1. The van der Waals surface area contributed by atoms with E-state index in [1.165, 1.54) is 5.56 Å². The van der Waals surface area contributed by atoms with Crippen molar-refractivity contribution in [2.75, 3.05) is 0 Å². The number of carbonyl (C=O) groups is 1. The lowest BCUT2D eigenvalue weighted by Crippen LogP contribution is -2.43. The first-order chi connectivity index (χ1) is 16.9. The molecular weight excluding hydrogens is 451 g/mol. The van der Waals surface area contributed by atoms with Gasteiger partial charge >= 0.3 is 0 Å². The van der Waals surface area contributed by atoms with E-state index in [0.29, 0.717) is 18.7 Å². The lowest BCUT2D eigenvalue weighted by Gasteiger charge is -2.44. The van der Waals surface area contributed by atoms with E-state index in [2.05, 4.69) is 69.4 Å². The molecule has 1 aliphatic carbocycles. The number of aryl methyl sites for hydroxylation is 1. The number of para-hydroxylation sites is 1. The van der Waals surface area contributed by atoms with E-state index in [4.69, 9.17) is 5.10 Å². The minimum atomic E-state index is -1.61. The van der Waals surface area contributed by atoms with Gasteiger partial charge in [-0.05, 0) is 68.9 Å². The number of allylic oxidation sites excluding steroid dienone is 2. The maximum Gasteiger partial charge on any atom is 0.223 e. The number of H-pyrrole nitrogens is 1. The van der Waals surface area contributed by atoms with E-state index in [0.717, 1.165) is 45.8 Å². The molecule has 3 aromatic rings. The third-order valence-electron chi connectivity index (χ3n) is 8.64. The summed E-state index contributed by atoms with van der Waals surface area (Å²) in [5.74, 6) is 0.439. The second-order valence-electron chi connectivity index (χ2n) is 11.9. The molecule has 2 aromatic heterocycles. The molecule has 0 radical (unpaired) electrons. The molecule has 1 N–H and O–H groups in total. The van der Waals surface area contributed by atoms with E-state index in [1.54, 1.807) is 13.0 Å². The van der Waals surface area contributed by atoms with Crippen LogP contribution in [0.4, 0.5) is 4.39 Å². The summed E-state index contributed by atoms with van der Waals surface area (Å²) in [4.78, 5) is 18.5. The molecule has 5 nitrogen and oxygen atoms in total. The molecule has 6 rings (SSSR count). The maximum absolute atomic E-state index is 16.1. The van der Waals surface area contributed by atoms with Crippen molar-refractivity contribution in [3.63, 3.8) is 0 Å². The van der Waals surface area contributed by atoms with Crippen molar-refractivity contribution in [2.45, 2.75) is 84.5 Å². The van der Waals surface area contributed by atoms with Crippen molar-refractivity contribution in [3.8, 4) is 5.69 Å². The van der Waals surface area contributed by atoms with Crippen molar-refractivity contribution >= 4 is 11.5 Å². The highest BCUT2D eigenvalue weighted by atomic mass is 19.1. The first kappa shape index (κ1) is 23.3. The molecule has 3 aliphatic rings. The van der Waals surface area contributed by atoms with Crippen LogP contribution in [0.25, 0.3) is 11.3 Å². The van der Waals surface area contributed by atoms with Crippen molar-refractivity contribution in [1.29, 1.82) is 0 Å². The zero-order valence-corrected chi connectivity index (χ0v) is 22.3. The van der Waals surface area contributed by atoms with Gasteiger partial charge < -0.3 is 9.88 Å². The van der Waals surface area contributed by atoms with Gasteiger partial charge in [-0.25, -0.2) is 9.07 Å². The van der Waals surface area contributed by atoms with Crippen LogP contribution >= 0.6 is 0 Å². The second kappa shape index (κ2) is 7.21. The van der Waals surface area contributed by atoms with Crippen LogP contribution in [0.15, 0.2) is 36.5 Å². The number of nitrogens with one attached hydrogen (secondary N) is 1. The summed E-state index contributed by atoms with van der Waals surface area (Å²) in [6, 6.07) is 8.33. The fraction of sp³-hybridized carbons (Fsp3) is 0.467. The Morgan fingerprint density at radius 1 is 1.19 bits per heavy atom. The summed E-state index contributed by atoms with van der Waals surface area (Å²) >= 11 is 0. The molecular formula is C30H35FN4O. The summed E-state index contributed by atoms with van der Waals surface area (Å²) in [5, 5.41) is 5.27. The van der Waals surface area contributed by atoms with E-state index in [-0.39, 0.29) is 11.8 Å². The number of hydrogen-bond acceptors (Lipinski definition) is 2. The van der Waals surface area contributed by atoms with Gasteiger partial charge in [-0.3, -0.25) is 4.79 Å². The van der Waals surface area contributed by atoms with Gasteiger partial charge in [0.1, 0.15) is 0 Å². The average Bonchev–Trinajstić information content (AvgIpc) is 3.50. The van der Waals surface area contributed by atoms with Crippen LogP contribution in [0.5, 0.6) is 0 Å². The molecule has 0 fully saturated rings. The number of rotatable bonds is 3. The molecule has 4 heterocycles. The number of hydrogen-bond donors (Lipinski definition) is 1. The van der Waals surface area contributed by atoms with Crippen LogP contribution in [-0.2, 0) is 34.4 Å². The number of benzene rings is 1. The van der Waals surface area contributed by atoms with E-state index in [9.17, 15) is 4.79 Å². The average molecular weight is 487 g/mol. The molecule has 0 saturated heterocycles. The van der Waals surface area contributed by atoms with Gasteiger partial charge in [0.05, 0.1) is 40.3 Å². The third kappa shape index (κ3) is 2.76. The zero-order valence-electron chi connectivity index (χ0n) is 22.3. The second-order valence-corrected chi connectivity index (χ2v) is 11.9. The summed E-state index contributed by atoms with van der Waals surface area (Å²) in [6.07, 6.45) is 5.00. The Hall–Kier alpha value is -3.15. The summed E-state index contributed by atoms with van der Waals surface area (Å²) in [5.41, 5.74) is 6.11. The van der Waals surface area contributed by atoms with Gasteiger partial charge in [-0.2, -0.15) is 5.10 Å². The highest BCUT2D eigenvalue weighted by molar-refractivity contribution is 5.90. The molecule has 36 heavy (non-hydrogen) atoms. The number of fused-ring (bicyclic) bond motifs is 10. The van der Waals surface area contributed by atoms with Gasteiger partial charge in [0.25, 0.3) is 0 Å². The molecule has 188 valence electrons. The Morgan fingerprint density at radius 3 is 2.64 bits per heavy atom. The Morgan fingerprint density at radius 2 is 1.94 bits per heavy atom.